The van der Waals surface area contributed by atoms with Gasteiger partial charge in [0.2, 0.25) is 5.91 Å². The first-order valence-electron chi connectivity index (χ1n) is 6.39. The van der Waals surface area contributed by atoms with Gasteiger partial charge in [-0.2, -0.15) is 0 Å². The highest BCUT2D eigenvalue weighted by atomic mass is 19.1. The third-order valence-corrected chi connectivity index (χ3v) is 2.81. The molecular weight excluding hydrogens is 231 g/mol. The molecule has 1 amide bonds. The van der Waals surface area contributed by atoms with Gasteiger partial charge in [0.15, 0.2) is 0 Å². The smallest absolute Gasteiger partial charge is 0.224 e. The summed E-state index contributed by atoms with van der Waals surface area (Å²) in [7, 11) is 0. The maximum absolute atomic E-state index is 13.3. The maximum Gasteiger partial charge on any atom is 0.224 e. The monoisotopic (exact) mass is 252 g/mol. The topological polar surface area (TPSA) is 55.1 Å². The predicted octanol–water partition coefficient (Wildman–Crippen LogP) is 2.98. The molecule has 0 fully saturated rings. The van der Waals surface area contributed by atoms with Crippen LogP contribution in [0.5, 0.6) is 0 Å². The zero-order chi connectivity index (χ0) is 13.4. The Morgan fingerprint density at radius 1 is 1.28 bits per heavy atom. The highest BCUT2D eigenvalue weighted by molar-refractivity contribution is 5.90. The van der Waals surface area contributed by atoms with Crippen LogP contribution < -0.4 is 11.1 Å². The number of anilines is 1. The summed E-state index contributed by atoms with van der Waals surface area (Å²) in [6, 6.07) is 4.72. The molecule has 1 aromatic carbocycles. The second kappa shape index (κ2) is 7.82. The second-order valence-corrected chi connectivity index (χ2v) is 4.47. The van der Waals surface area contributed by atoms with Gasteiger partial charge in [-0.05, 0) is 44.0 Å². The summed E-state index contributed by atoms with van der Waals surface area (Å²) in [6.07, 6.45) is 4.39. The van der Waals surface area contributed by atoms with E-state index < -0.39 is 0 Å². The van der Waals surface area contributed by atoms with Crippen LogP contribution in [0.2, 0.25) is 0 Å². The van der Waals surface area contributed by atoms with Crippen molar-refractivity contribution in [1.82, 2.24) is 0 Å². The molecule has 3 N–H and O–H groups in total. The molecular formula is C14H21FN2O. The van der Waals surface area contributed by atoms with Crippen molar-refractivity contribution >= 4 is 11.6 Å². The van der Waals surface area contributed by atoms with Gasteiger partial charge < -0.3 is 11.1 Å². The molecule has 0 radical (unpaired) electrons. The molecule has 1 rings (SSSR count). The van der Waals surface area contributed by atoms with Crippen molar-refractivity contribution < 1.29 is 9.18 Å². The zero-order valence-corrected chi connectivity index (χ0v) is 10.8. The number of nitrogens with two attached hydrogens (primary N) is 1. The molecule has 0 bridgehead atoms. The Bertz CT molecular complexity index is 393. The zero-order valence-electron chi connectivity index (χ0n) is 10.8. The maximum atomic E-state index is 13.3. The number of carbonyl (C=O) groups excluding carboxylic acids is 1. The van der Waals surface area contributed by atoms with E-state index in [1.807, 2.05) is 0 Å². The summed E-state index contributed by atoms with van der Waals surface area (Å²) in [4.78, 5) is 11.6. The van der Waals surface area contributed by atoms with Crippen molar-refractivity contribution in [3.8, 4) is 0 Å². The first kappa shape index (κ1) is 14.6. The Balaban J connectivity index is 2.29. The van der Waals surface area contributed by atoms with Crippen LogP contribution in [0.3, 0.4) is 0 Å². The molecule has 1 aromatic rings. The molecule has 0 aromatic heterocycles. The van der Waals surface area contributed by atoms with E-state index in [0.29, 0.717) is 24.2 Å². The summed E-state index contributed by atoms with van der Waals surface area (Å²) >= 11 is 0. The number of rotatable bonds is 7. The minimum atomic E-state index is -0.296. The molecule has 0 heterocycles. The van der Waals surface area contributed by atoms with Crippen molar-refractivity contribution in [3.05, 3.63) is 29.6 Å². The van der Waals surface area contributed by atoms with Crippen LogP contribution in [0.1, 0.15) is 37.7 Å². The number of aryl methyl sites for hydroxylation is 1. The summed E-state index contributed by atoms with van der Waals surface area (Å²) in [6.45, 7) is 2.40. The van der Waals surface area contributed by atoms with Crippen LogP contribution in [-0.2, 0) is 4.79 Å². The summed E-state index contributed by atoms with van der Waals surface area (Å²) in [5.74, 6) is -0.359. The Labute approximate surface area is 108 Å². The second-order valence-electron chi connectivity index (χ2n) is 4.47. The quantitative estimate of drug-likeness (QED) is 0.733. The third kappa shape index (κ3) is 5.27. The van der Waals surface area contributed by atoms with Crippen LogP contribution in [0.25, 0.3) is 0 Å². The van der Waals surface area contributed by atoms with Gasteiger partial charge in [-0.3, -0.25) is 4.79 Å². The van der Waals surface area contributed by atoms with Gasteiger partial charge in [-0.15, -0.1) is 0 Å². The molecule has 0 unspecified atom stereocenters. The van der Waals surface area contributed by atoms with Gasteiger partial charge in [-0.25, -0.2) is 4.39 Å². The highest BCUT2D eigenvalue weighted by Crippen LogP contribution is 2.14. The molecule has 0 aliphatic heterocycles. The average Bonchev–Trinajstić information content (AvgIpc) is 2.34. The SMILES string of the molecule is Cc1ccc(NC(=O)CCCCCCN)cc1F. The van der Waals surface area contributed by atoms with Crippen molar-refractivity contribution in [1.29, 1.82) is 0 Å². The fraction of sp³-hybridized carbons (Fsp3) is 0.500. The average molecular weight is 252 g/mol. The molecule has 18 heavy (non-hydrogen) atoms. The first-order chi connectivity index (χ1) is 8.63. The lowest BCUT2D eigenvalue weighted by Gasteiger charge is -2.06. The van der Waals surface area contributed by atoms with E-state index >= 15 is 0 Å². The van der Waals surface area contributed by atoms with Gasteiger partial charge in [0.25, 0.3) is 0 Å². The van der Waals surface area contributed by atoms with Gasteiger partial charge in [0.05, 0.1) is 0 Å². The molecule has 0 atom stereocenters. The van der Waals surface area contributed by atoms with Gasteiger partial charge >= 0.3 is 0 Å². The van der Waals surface area contributed by atoms with E-state index in [9.17, 15) is 9.18 Å². The largest absolute Gasteiger partial charge is 0.330 e. The first-order valence-corrected chi connectivity index (χ1v) is 6.39. The Kier molecular flexibility index (Phi) is 6.36. The Hall–Kier alpha value is -1.42. The molecule has 0 aliphatic rings. The lowest BCUT2D eigenvalue weighted by Crippen LogP contribution is -2.11. The number of carbonyl (C=O) groups is 1. The fourth-order valence-electron chi connectivity index (χ4n) is 1.68. The normalized spacial score (nSPS) is 10.4. The summed E-state index contributed by atoms with van der Waals surface area (Å²) in [5.41, 5.74) is 6.48. The van der Waals surface area contributed by atoms with E-state index in [4.69, 9.17) is 5.73 Å². The minimum absolute atomic E-state index is 0.0639. The standard InChI is InChI=1S/C14H21FN2O/c1-11-7-8-12(10-13(11)15)17-14(18)6-4-2-3-5-9-16/h7-8,10H,2-6,9,16H2,1H3,(H,17,18). The van der Waals surface area contributed by atoms with Crippen LogP contribution in [-0.4, -0.2) is 12.5 Å². The van der Waals surface area contributed by atoms with Crippen LogP contribution in [0.4, 0.5) is 10.1 Å². The number of unbranched alkanes of at least 4 members (excludes halogenated alkanes) is 3. The van der Waals surface area contributed by atoms with Crippen molar-refractivity contribution in [2.24, 2.45) is 5.73 Å². The van der Waals surface area contributed by atoms with E-state index in [0.717, 1.165) is 25.7 Å². The molecule has 0 aliphatic carbocycles. The van der Waals surface area contributed by atoms with Gasteiger partial charge in [0, 0.05) is 12.1 Å². The molecule has 100 valence electrons. The van der Waals surface area contributed by atoms with Crippen LogP contribution >= 0.6 is 0 Å². The highest BCUT2D eigenvalue weighted by Gasteiger charge is 2.04. The lowest BCUT2D eigenvalue weighted by atomic mass is 10.1. The Morgan fingerprint density at radius 2 is 2.00 bits per heavy atom. The summed E-state index contributed by atoms with van der Waals surface area (Å²) in [5, 5.41) is 2.70. The molecule has 4 heteroatoms. The van der Waals surface area contributed by atoms with Crippen molar-refractivity contribution in [3.63, 3.8) is 0 Å². The fourth-order valence-corrected chi connectivity index (χ4v) is 1.68. The minimum Gasteiger partial charge on any atom is -0.330 e. The van der Waals surface area contributed by atoms with Crippen LogP contribution in [0, 0.1) is 12.7 Å². The lowest BCUT2D eigenvalue weighted by molar-refractivity contribution is -0.116. The molecule has 0 saturated carbocycles. The number of hydrogen-bond acceptors (Lipinski definition) is 2. The van der Waals surface area contributed by atoms with Gasteiger partial charge in [-0.1, -0.05) is 18.9 Å². The van der Waals surface area contributed by atoms with Crippen molar-refractivity contribution in [2.45, 2.75) is 39.0 Å². The number of nitrogens with one attached hydrogen (secondary N) is 1. The van der Waals surface area contributed by atoms with E-state index in [1.54, 1.807) is 19.1 Å². The molecule has 0 saturated heterocycles. The predicted molar refractivity (Wildman–Crippen MR) is 71.9 cm³/mol. The van der Waals surface area contributed by atoms with E-state index in [1.165, 1.54) is 6.07 Å². The van der Waals surface area contributed by atoms with Gasteiger partial charge in [0.1, 0.15) is 5.82 Å². The number of halogens is 1. The molecule has 3 nitrogen and oxygen atoms in total. The number of amides is 1. The third-order valence-electron chi connectivity index (χ3n) is 2.81. The van der Waals surface area contributed by atoms with E-state index in [2.05, 4.69) is 5.32 Å². The van der Waals surface area contributed by atoms with E-state index in [-0.39, 0.29) is 11.7 Å². The van der Waals surface area contributed by atoms with Crippen LogP contribution in [0.15, 0.2) is 18.2 Å². The summed E-state index contributed by atoms with van der Waals surface area (Å²) < 4.78 is 13.3. The molecule has 0 spiro atoms. The number of benzene rings is 1. The number of hydrogen-bond donors (Lipinski definition) is 2. The Morgan fingerprint density at radius 3 is 2.67 bits per heavy atom. The van der Waals surface area contributed by atoms with Crippen molar-refractivity contribution in [2.75, 3.05) is 11.9 Å².